The lowest BCUT2D eigenvalue weighted by Gasteiger charge is -2.23. The summed E-state index contributed by atoms with van der Waals surface area (Å²) in [4.78, 5) is 4.11. The Balaban J connectivity index is 0.000000188. The molecule has 0 spiro atoms. The first-order valence-electron chi connectivity index (χ1n) is 7.30. The highest BCUT2D eigenvalue weighted by Gasteiger charge is 2.12. The van der Waals surface area contributed by atoms with E-state index in [4.69, 9.17) is 0 Å². The minimum atomic E-state index is -2.51. The SMILES string of the molecule is Brc1cc(NC2CCCCC2)ccn1.FC(F)n1cccn1. The number of rotatable bonds is 3. The quantitative estimate of drug-likeness (QED) is 0.781. The highest BCUT2D eigenvalue weighted by Crippen LogP contribution is 2.22. The van der Waals surface area contributed by atoms with Gasteiger partial charge < -0.3 is 5.32 Å². The zero-order chi connectivity index (χ0) is 15.8. The second kappa shape index (κ2) is 8.82. The molecule has 2 aromatic rings. The molecule has 1 N–H and O–H groups in total. The van der Waals surface area contributed by atoms with Crippen molar-refractivity contribution in [3.8, 4) is 0 Å². The minimum Gasteiger partial charge on any atom is -0.382 e. The van der Waals surface area contributed by atoms with Crippen molar-refractivity contribution in [2.45, 2.75) is 44.7 Å². The molecule has 0 saturated heterocycles. The first kappa shape index (κ1) is 16.9. The molecule has 0 bridgehead atoms. The Labute approximate surface area is 137 Å². The van der Waals surface area contributed by atoms with Crippen molar-refractivity contribution in [2.75, 3.05) is 5.32 Å². The van der Waals surface area contributed by atoms with E-state index in [0.717, 1.165) is 4.60 Å². The smallest absolute Gasteiger partial charge is 0.333 e. The largest absolute Gasteiger partial charge is 0.382 e. The van der Waals surface area contributed by atoms with E-state index < -0.39 is 6.55 Å². The number of nitrogens with zero attached hydrogens (tertiary/aromatic N) is 3. The van der Waals surface area contributed by atoms with Crippen LogP contribution in [0.3, 0.4) is 0 Å². The number of anilines is 1. The average molecular weight is 373 g/mol. The topological polar surface area (TPSA) is 42.7 Å². The van der Waals surface area contributed by atoms with Crippen LogP contribution in [-0.4, -0.2) is 20.8 Å². The third kappa shape index (κ3) is 5.71. The van der Waals surface area contributed by atoms with Gasteiger partial charge in [0.05, 0.1) is 0 Å². The van der Waals surface area contributed by atoms with Gasteiger partial charge in [-0.25, -0.2) is 9.67 Å². The number of alkyl halides is 2. The highest BCUT2D eigenvalue weighted by atomic mass is 79.9. The van der Waals surface area contributed by atoms with Gasteiger partial charge in [0.2, 0.25) is 0 Å². The molecule has 0 aliphatic heterocycles. The molecule has 0 aromatic carbocycles. The van der Waals surface area contributed by atoms with E-state index in [9.17, 15) is 8.78 Å². The Hall–Kier alpha value is -1.50. The predicted molar refractivity (Wildman–Crippen MR) is 85.9 cm³/mol. The van der Waals surface area contributed by atoms with Crippen LogP contribution in [0.1, 0.15) is 38.7 Å². The molecule has 1 saturated carbocycles. The van der Waals surface area contributed by atoms with Crippen molar-refractivity contribution in [3.63, 3.8) is 0 Å². The third-order valence-electron chi connectivity index (χ3n) is 3.43. The number of hydrogen-bond donors (Lipinski definition) is 1. The van der Waals surface area contributed by atoms with E-state index in [1.807, 2.05) is 18.3 Å². The molecular formula is C15H19BrF2N4. The molecule has 1 aliphatic carbocycles. The zero-order valence-corrected chi connectivity index (χ0v) is 13.7. The third-order valence-corrected chi connectivity index (χ3v) is 3.86. The first-order valence-corrected chi connectivity index (χ1v) is 8.10. The van der Waals surface area contributed by atoms with Gasteiger partial charge in [-0.2, -0.15) is 13.9 Å². The van der Waals surface area contributed by atoms with Gasteiger partial charge in [0.15, 0.2) is 0 Å². The lowest BCUT2D eigenvalue weighted by Crippen LogP contribution is -2.22. The summed E-state index contributed by atoms with van der Waals surface area (Å²) in [7, 11) is 0. The highest BCUT2D eigenvalue weighted by molar-refractivity contribution is 9.10. The molecule has 2 heterocycles. The number of nitrogens with one attached hydrogen (secondary N) is 1. The first-order chi connectivity index (χ1) is 10.6. The fourth-order valence-corrected chi connectivity index (χ4v) is 2.74. The van der Waals surface area contributed by atoms with Gasteiger partial charge >= 0.3 is 6.55 Å². The fraction of sp³-hybridized carbons (Fsp3) is 0.467. The van der Waals surface area contributed by atoms with Crippen LogP contribution in [0.25, 0.3) is 0 Å². The summed E-state index contributed by atoms with van der Waals surface area (Å²) >= 11 is 3.38. The molecule has 7 heteroatoms. The number of aromatic nitrogens is 3. The second-order valence-corrected chi connectivity index (χ2v) is 5.92. The zero-order valence-electron chi connectivity index (χ0n) is 12.1. The van der Waals surface area contributed by atoms with E-state index in [0.29, 0.717) is 10.7 Å². The van der Waals surface area contributed by atoms with Crippen molar-refractivity contribution in [2.24, 2.45) is 0 Å². The monoisotopic (exact) mass is 372 g/mol. The van der Waals surface area contributed by atoms with Crippen molar-refractivity contribution >= 4 is 21.6 Å². The molecule has 1 fully saturated rings. The molecule has 3 rings (SSSR count). The maximum atomic E-state index is 11.5. The van der Waals surface area contributed by atoms with Crippen LogP contribution in [0.15, 0.2) is 41.4 Å². The Bertz CT molecular complexity index is 542. The van der Waals surface area contributed by atoms with E-state index in [1.54, 1.807) is 0 Å². The van der Waals surface area contributed by atoms with Gasteiger partial charge in [0.25, 0.3) is 0 Å². The van der Waals surface area contributed by atoms with Crippen LogP contribution in [0, 0.1) is 0 Å². The molecule has 2 aromatic heterocycles. The molecule has 0 radical (unpaired) electrons. The Morgan fingerprint density at radius 3 is 2.55 bits per heavy atom. The Morgan fingerprint density at radius 1 is 1.23 bits per heavy atom. The molecule has 4 nitrogen and oxygen atoms in total. The summed E-state index contributed by atoms with van der Waals surface area (Å²) in [6.45, 7) is -2.51. The van der Waals surface area contributed by atoms with Crippen LogP contribution in [0.2, 0.25) is 0 Å². The average Bonchev–Trinajstić information content (AvgIpc) is 3.03. The van der Waals surface area contributed by atoms with E-state index in [-0.39, 0.29) is 0 Å². The number of halogens is 3. The van der Waals surface area contributed by atoms with Crippen molar-refractivity contribution < 1.29 is 8.78 Å². The lowest BCUT2D eigenvalue weighted by molar-refractivity contribution is 0.0566. The van der Waals surface area contributed by atoms with Gasteiger partial charge in [0.1, 0.15) is 4.60 Å². The van der Waals surface area contributed by atoms with Crippen LogP contribution in [0.5, 0.6) is 0 Å². The molecule has 0 amide bonds. The van der Waals surface area contributed by atoms with E-state index in [2.05, 4.69) is 31.3 Å². The summed E-state index contributed by atoms with van der Waals surface area (Å²) in [5, 5.41) is 6.83. The Morgan fingerprint density at radius 2 is 2.00 bits per heavy atom. The van der Waals surface area contributed by atoms with Crippen LogP contribution in [-0.2, 0) is 0 Å². The normalized spacial score (nSPS) is 15.3. The lowest BCUT2D eigenvalue weighted by atomic mass is 9.95. The maximum absolute atomic E-state index is 11.5. The summed E-state index contributed by atoms with van der Waals surface area (Å²) in [5.41, 5.74) is 1.18. The maximum Gasteiger partial charge on any atom is 0.333 e. The van der Waals surface area contributed by atoms with Crippen molar-refractivity contribution in [3.05, 3.63) is 41.4 Å². The number of pyridine rings is 1. The van der Waals surface area contributed by atoms with E-state index in [1.165, 1.54) is 56.3 Å². The summed E-state index contributed by atoms with van der Waals surface area (Å²) in [6, 6.07) is 6.18. The van der Waals surface area contributed by atoms with Gasteiger partial charge in [-0.3, -0.25) is 0 Å². The summed E-state index contributed by atoms with van der Waals surface area (Å²) in [5.74, 6) is 0. The standard InChI is InChI=1S/C11H15BrN2.C4H4F2N2/c12-11-8-10(6-7-13-11)14-9-4-2-1-3-5-9;5-4(6)8-3-1-2-7-8/h6-9H,1-5H2,(H,13,14);1-4H. The van der Waals surface area contributed by atoms with Gasteiger partial charge in [-0.1, -0.05) is 19.3 Å². The Kier molecular flexibility index (Phi) is 6.76. The second-order valence-electron chi connectivity index (χ2n) is 5.11. The van der Waals surface area contributed by atoms with Gasteiger partial charge in [0, 0.05) is 30.3 Å². The van der Waals surface area contributed by atoms with Gasteiger partial charge in [-0.05, 0) is 47.0 Å². The molecule has 1 aliphatic rings. The van der Waals surface area contributed by atoms with Gasteiger partial charge in [-0.15, -0.1) is 0 Å². The molecular weight excluding hydrogens is 354 g/mol. The van der Waals surface area contributed by atoms with Crippen LogP contribution >= 0.6 is 15.9 Å². The number of hydrogen-bond acceptors (Lipinski definition) is 3. The van der Waals surface area contributed by atoms with E-state index >= 15 is 0 Å². The van der Waals surface area contributed by atoms with Crippen molar-refractivity contribution in [1.29, 1.82) is 0 Å². The van der Waals surface area contributed by atoms with Crippen LogP contribution < -0.4 is 5.32 Å². The molecule has 22 heavy (non-hydrogen) atoms. The fourth-order valence-electron chi connectivity index (χ4n) is 2.37. The predicted octanol–water partition coefficient (Wildman–Crippen LogP) is 4.87. The molecule has 0 atom stereocenters. The minimum absolute atomic E-state index is 0.583. The van der Waals surface area contributed by atoms with Crippen LogP contribution in [0.4, 0.5) is 14.5 Å². The summed E-state index contributed by atoms with van der Waals surface area (Å²) in [6.07, 6.45) is 11.1. The summed E-state index contributed by atoms with van der Waals surface area (Å²) < 4.78 is 24.5. The molecule has 0 unspecified atom stereocenters. The molecule has 120 valence electrons. The van der Waals surface area contributed by atoms with Crippen molar-refractivity contribution in [1.82, 2.24) is 14.8 Å².